The van der Waals surface area contributed by atoms with Gasteiger partial charge in [-0.1, -0.05) is 37.5 Å². The molecule has 178 valence electrons. The topological polar surface area (TPSA) is 80.6 Å². The molecule has 6 heteroatoms. The van der Waals surface area contributed by atoms with Gasteiger partial charge >= 0.3 is 5.97 Å². The lowest BCUT2D eigenvalue weighted by Gasteiger charge is -2.24. The molecule has 1 amide bonds. The molecule has 1 aromatic heterocycles. The molecule has 0 radical (unpaired) electrons. The van der Waals surface area contributed by atoms with Crippen molar-refractivity contribution in [3.05, 3.63) is 66.4 Å². The van der Waals surface area contributed by atoms with Crippen LogP contribution >= 0.6 is 0 Å². The summed E-state index contributed by atoms with van der Waals surface area (Å²) in [6, 6.07) is 16.3. The Morgan fingerprint density at radius 2 is 1.91 bits per heavy atom. The number of ether oxygens (including phenoxy) is 1. The van der Waals surface area contributed by atoms with Crippen molar-refractivity contribution in [3.8, 4) is 5.75 Å². The SMILES string of the molecule is CC(=CC(=O)Nc1ccccc1OCCCC(=O)O)c1ccc2c(ccn2C2CCCCC2)c1. The number of hydrogen-bond donors (Lipinski definition) is 2. The zero-order chi connectivity index (χ0) is 23.9. The highest BCUT2D eigenvalue weighted by molar-refractivity contribution is 6.04. The minimum Gasteiger partial charge on any atom is -0.491 e. The van der Waals surface area contributed by atoms with Gasteiger partial charge in [-0.05, 0) is 67.7 Å². The third-order valence-corrected chi connectivity index (χ3v) is 6.43. The quantitative estimate of drug-likeness (QED) is 0.285. The van der Waals surface area contributed by atoms with Crippen LogP contribution in [0.1, 0.15) is 63.5 Å². The van der Waals surface area contributed by atoms with Gasteiger partial charge in [-0.3, -0.25) is 9.59 Å². The molecule has 0 spiro atoms. The monoisotopic (exact) mass is 460 g/mol. The molecule has 0 unspecified atom stereocenters. The molecule has 0 bridgehead atoms. The zero-order valence-corrected chi connectivity index (χ0v) is 19.6. The molecule has 34 heavy (non-hydrogen) atoms. The fraction of sp³-hybridized carbons (Fsp3) is 0.357. The molecule has 4 rings (SSSR count). The van der Waals surface area contributed by atoms with Gasteiger partial charge in [0.05, 0.1) is 12.3 Å². The van der Waals surface area contributed by atoms with Gasteiger partial charge in [0.2, 0.25) is 5.91 Å². The van der Waals surface area contributed by atoms with E-state index in [-0.39, 0.29) is 18.9 Å². The fourth-order valence-electron chi connectivity index (χ4n) is 4.64. The minimum absolute atomic E-state index is 0.0465. The van der Waals surface area contributed by atoms with Crippen molar-refractivity contribution in [1.82, 2.24) is 4.57 Å². The second-order valence-corrected chi connectivity index (χ2v) is 8.95. The summed E-state index contributed by atoms with van der Waals surface area (Å²) in [4.78, 5) is 23.4. The van der Waals surface area contributed by atoms with Crippen LogP contribution in [0, 0.1) is 0 Å². The first-order chi connectivity index (χ1) is 16.5. The average Bonchev–Trinajstić information content (AvgIpc) is 3.26. The summed E-state index contributed by atoms with van der Waals surface area (Å²) >= 11 is 0. The molecule has 1 heterocycles. The lowest BCUT2D eigenvalue weighted by atomic mass is 9.95. The van der Waals surface area contributed by atoms with E-state index >= 15 is 0 Å². The van der Waals surface area contributed by atoms with Gasteiger partial charge in [-0.25, -0.2) is 0 Å². The van der Waals surface area contributed by atoms with E-state index in [1.165, 1.54) is 43.0 Å². The van der Waals surface area contributed by atoms with E-state index in [2.05, 4.69) is 40.3 Å². The van der Waals surface area contributed by atoms with Crippen LogP contribution in [0.4, 0.5) is 5.69 Å². The molecule has 2 aromatic carbocycles. The molecule has 0 aliphatic heterocycles. The number of carboxylic acids is 1. The summed E-state index contributed by atoms with van der Waals surface area (Å²) in [7, 11) is 0. The van der Waals surface area contributed by atoms with E-state index in [0.717, 1.165) is 11.1 Å². The van der Waals surface area contributed by atoms with Gasteiger partial charge in [0.1, 0.15) is 5.75 Å². The summed E-state index contributed by atoms with van der Waals surface area (Å²) in [5, 5.41) is 12.8. The second kappa shape index (κ2) is 11.1. The molecule has 0 atom stereocenters. The summed E-state index contributed by atoms with van der Waals surface area (Å²) in [5.74, 6) is -0.564. The predicted molar refractivity (Wildman–Crippen MR) is 135 cm³/mol. The number of carbonyl (C=O) groups is 2. The number of amides is 1. The van der Waals surface area contributed by atoms with Gasteiger partial charge in [0, 0.05) is 35.6 Å². The number of rotatable bonds is 9. The van der Waals surface area contributed by atoms with Crippen molar-refractivity contribution in [2.24, 2.45) is 0 Å². The molecule has 2 N–H and O–H groups in total. The van der Waals surface area contributed by atoms with E-state index < -0.39 is 5.97 Å². The van der Waals surface area contributed by atoms with Gasteiger partial charge in [0.15, 0.2) is 0 Å². The Hall–Kier alpha value is -3.54. The number of aliphatic carboxylic acids is 1. The molecule has 3 aromatic rings. The summed E-state index contributed by atoms with van der Waals surface area (Å²) in [6.07, 6.45) is 10.7. The molecule has 1 saturated carbocycles. The van der Waals surface area contributed by atoms with Crippen molar-refractivity contribution in [1.29, 1.82) is 0 Å². The van der Waals surface area contributed by atoms with E-state index in [4.69, 9.17) is 9.84 Å². The maximum absolute atomic E-state index is 12.7. The molecule has 6 nitrogen and oxygen atoms in total. The number of benzene rings is 2. The fourth-order valence-corrected chi connectivity index (χ4v) is 4.64. The third-order valence-electron chi connectivity index (χ3n) is 6.43. The maximum atomic E-state index is 12.7. The number of para-hydroxylation sites is 2. The first kappa shape index (κ1) is 23.6. The van der Waals surface area contributed by atoms with E-state index in [9.17, 15) is 9.59 Å². The van der Waals surface area contributed by atoms with E-state index in [1.54, 1.807) is 18.2 Å². The number of nitrogens with one attached hydrogen (secondary N) is 1. The minimum atomic E-state index is -0.852. The lowest BCUT2D eigenvalue weighted by Crippen LogP contribution is -2.11. The van der Waals surface area contributed by atoms with Crippen LogP contribution in [0.15, 0.2) is 60.8 Å². The first-order valence-corrected chi connectivity index (χ1v) is 12.0. The number of anilines is 1. The molecule has 0 saturated heterocycles. The van der Waals surface area contributed by atoms with Crippen LogP contribution in [0.5, 0.6) is 5.75 Å². The number of carboxylic acid groups (broad SMARTS) is 1. The van der Waals surface area contributed by atoms with Crippen molar-refractivity contribution in [2.75, 3.05) is 11.9 Å². The summed E-state index contributed by atoms with van der Waals surface area (Å²) in [5.41, 5.74) is 3.71. The lowest BCUT2D eigenvalue weighted by molar-refractivity contribution is -0.137. The van der Waals surface area contributed by atoms with Crippen LogP contribution in [0.2, 0.25) is 0 Å². The smallest absolute Gasteiger partial charge is 0.303 e. The number of aromatic nitrogens is 1. The Morgan fingerprint density at radius 3 is 2.71 bits per heavy atom. The Kier molecular flexibility index (Phi) is 7.68. The van der Waals surface area contributed by atoms with Crippen molar-refractivity contribution < 1.29 is 19.4 Å². The second-order valence-electron chi connectivity index (χ2n) is 8.95. The third kappa shape index (κ3) is 5.87. The molecule has 1 aliphatic carbocycles. The molecule has 1 fully saturated rings. The Labute approximate surface area is 200 Å². The highest BCUT2D eigenvalue weighted by atomic mass is 16.5. The summed E-state index contributed by atoms with van der Waals surface area (Å²) in [6.45, 7) is 2.21. The van der Waals surface area contributed by atoms with Crippen LogP contribution in [0.25, 0.3) is 16.5 Å². The van der Waals surface area contributed by atoms with Crippen LogP contribution in [0.3, 0.4) is 0 Å². The standard InChI is InChI=1S/C28H32N2O4/c1-20(18-27(31)29-24-10-5-6-11-26(24)34-17-7-12-28(32)33)21-13-14-25-22(19-21)15-16-30(25)23-8-3-2-4-9-23/h5-6,10-11,13-16,18-19,23H,2-4,7-9,12,17H2,1H3,(H,29,31)(H,32,33). The molecular weight excluding hydrogens is 428 g/mol. The van der Waals surface area contributed by atoms with E-state index in [1.807, 2.05) is 19.1 Å². The van der Waals surface area contributed by atoms with Crippen molar-refractivity contribution in [2.45, 2.75) is 57.9 Å². The zero-order valence-electron chi connectivity index (χ0n) is 19.6. The number of fused-ring (bicyclic) bond motifs is 1. The van der Waals surface area contributed by atoms with Crippen molar-refractivity contribution >= 4 is 34.0 Å². The van der Waals surface area contributed by atoms with Crippen LogP contribution < -0.4 is 10.1 Å². The number of hydrogen-bond acceptors (Lipinski definition) is 3. The molecule has 1 aliphatic rings. The highest BCUT2D eigenvalue weighted by Crippen LogP contribution is 2.32. The maximum Gasteiger partial charge on any atom is 0.303 e. The van der Waals surface area contributed by atoms with Crippen LogP contribution in [-0.2, 0) is 9.59 Å². The van der Waals surface area contributed by atoms with Gasteiger partial charge in [0.25, 0.3) is 0 Å². The molecular formula is C28H32N2O4. The average molecular weight is 461 g/mol. The number of allylic oxidation sites excluding steroid dienone is 1. The van der Waals surface area contributed by atoms with E-state index in [0.29, 0.717) is 23.9 Å². The Balaban J connectivity index is 1.43. The normalized spacial score (nSPS) is 14.8. The van der Waals surface area contributed by atoms with Crippen LogP contribution in [-0.4, -0.2) is 28.2 Å². The van der Waals surface area contributed by atoms with Crippen molar-refractivity contribution in [3.63, 3.8) is 0 Å². The predicted octanol–water partition coefficient (Wildman–Crippen LogP) is 6.43. The van der Waals surface area contributed by atoms with Gasteiger partial charge < -0.3 is 19.7 Å². The first-order valence-electron chi connectivity index (χ1n) is 12.0. The largest absolute Gasteiger partial charge is 0.491 e. The van der Waals surface area contributed by atoms with Gasteiger partial charge in [-0.2, -0.15) is 0 Å². The highest BCUT2D eigenvalue weighted by Gasteiger charge is 2.17. The number of carbonyl (C=O) groups excluding carboxylic acids is 1. The number of nitrogens with zero attached hydrogens (tertiary/aromatic N) is 1. The Morgan fingerprint density at radius 1 is 1.12 bits per heavy atom. The summed E-state index contributed by atoms with van der Waals surface area (Å²) < 4.78 is 8.09. The Bertz CT molecular complexity index is 1190. The van der Waals surface area contributed by atoms with Gasteiger partial charge in [-0.15, -0.1) is 0 Å².